The van der Waals surface area contributed by atoms with Crippen molar-refractivity contribution in [1.29, 1.82) is 0 Å². The summed E-state index contributed by atoms with van der Waals surface area (Å²) in [4.78, 5) is 27.5. The quantitative estimate of drug-likeness (QED) is 0.217. The van der Waals surface area contributed by atoms with Crippen molar-refractivity contribution in [2.75, 3.05) is 4.90 Å². The third-order valence-corrected chi connectivity index (χ3v) is 6.95. The number of fused-ring (bicyclic) bond motifs is 1. The lowest BCUT2D eigenvalue weighted by Crippen LogP contribution is -2.22. The Kier molecular flexibility index (Phi) is 6.08. The van der Waals surface area contributed by atoms with E-state index in [0.29, 0.717) is 21.6 Å². The number of aromatic nitrogens is 5. The van der Waals surface area contributed by atoms with Crippen LogP contribution in [0.1, 0.15) is 12.6 Å². The van der Waals surface area contributed by atoms with Gasteiger partial charge in [0.1, 0.15) is 11.4 Å². The number of rotatable bonds is 6. The van der Waals surface area contributed by atoms with Gasteiger partial charge < -0.3 is 0 Å². The van der Waals surface area contributed by atoms with Gasteiger partial charge in [-0.25, -0.2) is 19.6 Å². The molecular weight excluding hydrogens is 476 g/mol. The van der Waals surface area contributed by atoms with Crippen LogP contribution in [0.25, 0.3) is 16.7 Å². The molecule has 0 N–H and O–H groups in total. The van der Waals surface area contributed by atoms with Gasteiger partial charge in [-0.05, 0) is 30.3 Å². The molecule has 5 rings (SSSR count). The molecule has 3 aromatic heterocycles. The molecule has 0 aliphatic heterocycles. The highest BCUT2D eigenvalue weighted by molar-refractivity contribution is 7.98. The van der Waals surface area contributed by atoms with E-state index in [1.807, 2.05) is 47.8 Å². The molecule has 0 unspecified atom stereocenters. The van der Waals surface area contributed by atoms with Crippen molar-refractivity contribution in [3.63, 3.8) is 0 Å². The Morgan fingerprint density at radius 1 is 1.15 bits per heavy atom. The molecule has 0 saturated carbocycles. The van der Waals surface area contributed by atoms with Crippen LogP contribution >= 0.6 is 34.7 Å². The minimum atomic E-state index is -0.128. The lowest BCUT2D eigenvalue weighted by molar-refractivity contribution is -0.115. The highest BCUT2D eigenvalue weighted by Gasteiger charge is 2.19. The van der Waals surface area contributed by atoms with Crippen molar-refractivity contribution in [2.24, 2.45) is 0 Å². The fourth-order valence-corrected chi connectivity index (χ4v) is 5.38. The summed E-state index contributed by atoms with van der Waals surface area (Å²) >= 11 is 9.09. The third-order valence-electron chi connectivity index (χ3n) is 4.80. The van der Waals surface area contributed by atoms with E-state index in [4.69, 9.17) is 11.6 Å². The van der Waals surface area contributed by atoms with Crippen molar-refractivity contribution in [2.45, 2.75) is 17.7 Å². The maximum atomic E-state index is 12.3. The Morgan fingerprint density at radius 2 is 2.00 bits per heavy atom. The number of carbonyl (C=O) groups excluding carboxylic acids is 1. The fraction of sp³-hybridized carbons (Fsp3) is 0.0870. The summed E-state index contributed by atoms with van der Waals surface area (Å²) < 4.78 is 1.80. The molecule has 0 radical (unpaired) electrons. The molecule has 0 fully saturated rings. The molecule has 164 valence electrons. The van der Waals surface area contributed by atoms with Gasteiger partial charge in [-0.3, -0.25) is 9.69 Å². The Balaban J connectivity index is 1.38. The molecule has 2 aromatic carbocycles. The fourth-order valence-electron chi connectivity index (χ4n) is 3.35. The normalized spacial score (nSPS) is 11.1. The number of halogens is 1. The van der Waals surface area contributed by atoms with E-state index in [2.05, 4.69) is 20.1 Å². The minimum absolute atomic E-state index is 0.128. The summed E-state index contributed by atoms with van der Waals surface area (Å²) in [6.45, 7) is 1.51. The van der Waals surface area contributed by atoms with Crippen molar-refractivity contribution in [1.82, 2.24) is 24.7 Å². The first-order valence-corrected chi connectivity index (χ1v) is 12.2. The molecular formula is C23H17ClN6OS2. The van der Waals surface area contributed by atoms with Gasteiger partial charge in [-0.15, -0.1) is 11.3 Å². The molecule has 0 aliphatic rings. The molecule has 0 bridgehead atoms. The van der Waals surface area contributed by atoms with Gasteiger partial charge in [0.2, 0.25) is 5.91 Å². The zero-order valence-electron chi connectivity index (χ0n) is 17.4. The Hall–Kier alpha value is -3.27. The van der Waals surface area contributed by atoms with E-state index in [-0.39, 0.29) is 5.91 Å². The van der Waals surface area contributed by atoms with Crippen LogP contribution in [0.3, 0.4) is 0 Å². The second-order valence-corrected chi connectivity index (χ2v) is 9.29. The van der Waals surface area contributed by atoms with Crippen molar-refractivity contribution in [3.8, 4) is 5.69 Å². The van der Waals surface area contributed by atoms with E-state index in [1.54, 1.807) is 46.0 Å². The molecule has 0 saturated heterocycles. The Bertz CT molecular complexity index is 1440. The second-order valence-electron chi connectivity index (χ2n) is 7.05. The number of hydrogen-bond acceptors (Lipinski definition) is 7. The number of carbonyl (C=O) groups is 1. The second kappa shape index (κ2) is 9.30. The summed E-state index contributed by atoms with van der Waals surface area (Å²) in [7, 11) is 0. The van der Waals surface area contributed by atoms with Crippen LogP contribution in [0.15, 0.2) is 77.5 Å². The van der Waals surface area contributed by atoms with Crippen LogP contribution in [0.2, 0.25) is 5.02 Å². The van der Waals surface area contributed by atoms with Crippen LogP contribution in [0.5, 0.6) is 0 Å². The lowest BCUT2D eigenvalue weighted by Gasteiger charge is -2.18. The number of hydrogen-bond donors (Lipinski definition) is 0. The summed E-state index contributed by atoms with van der Waals surface area (Å²) in [6, 6.07) is 17.0. The highest BCUT2D eigenvalue weighted by Crippen LogP contribution is 2.33. The number of anilines is 2. The van der Waals surface area contributed by atoms with E-state index < -0.39 is 0 Å². The van der Waals surface area contributed by atoms with E-state index in [1.165, 1.54) is 18.3 Å². The van der Waals surface area contributed by atoms with Crippen LogP contribution in [0.4, 0.5) is 10.8 Å². The monoisotopic (exact) mass is 492 g/mol. The topological polar surface area (TPSA) is 76.8 Å². The van der Waals surface area contributed by atoms with Gasteiger partial charge >= 0.3 is 0 Å². The first kappa shape index (κ1) is 21.6. The first-order chi connectivity index (χ1) is 16.1. The van der Waals surface area contributed by atoms with Crippen molar-refractivity contribution < 1.29 is 4.79 Å². The van der Waals surface area contributed by atoms with Crippen LogP contribution < -0.4 is 4.90 Å². The largest absolute Gasteiger partial charge is 0.274 e. The van der Waals surface area contributed by atoms with Gasteiger partial charge in [-0.1, -0.05) is 47.6 Å². The van der Waals surface area contributed by atoms with Gasteiger partial charge in [0.25, 0.3) is 0 Å². The SMILES string of the molecule is CC(=O)N(c1cccc(Cl)c1)c1nc(CSc2ncnc3c2cnn3-c2ccccc2)cs1. The molecule has 0 spiro atoms. The highest BCUT2D eigenvalue weighted by atomic mass is 35.5. The Morgan fingerprint density at radius 3 is 2.79 bits per heavy atom. The minimum Gasteiger partial charge on any atom is -0.274 e. The zero-order valence-corrected chi connectivity index (χ0v) is 19.8. The van der Waals surface area contributed by atoms with Crippen molar-refractivity contribution >= 4 is 62.5 Å². The predicted octanol–water partition coefficient (Wildman–Crippen LogP) is 5.90. The molecule has 1 amide bonds. The number of thioether (sulfide) groups is 1. The van der Waals surface area contributed by atoms with Crippen LogP contribution in [-0.2, 0) is 10.5 Å². The lowest BCUT2D eigenvalue weighted by atomic mass is 10.3. The number of benzene rings is 2. The Labute approximate surface area is 203 Å². The van der Waals surface area contributed by atoms with E-state index >= 15 is 0 Å². The van der Waals surface area contributed by atoms with Crippen LogP contribution in [0, 0.1) is 0 Å². The van der Waals surface area contributed by atoms with Gasteiger partial charge in [0.05, 0.1) is 28.7 Å². The average molecular weight is 493 g/mol. The van der Waals surface area contributed by atoms with Gasteiger partial charge in [0.15, 0.2) is 10.8 Å². The first-order valence-electron chi connectivity index (χ1n) is 9.98. The summed E-state index contributed by atoms with van der Waals surface area (Å²) in [6.07, 6.45) is 3.34. The zero-order chi connectivity index (χ0) is 22.8. The van der Waals surface area contributed by atoms with E-state index in [0.717, 1.165) is 27.4 Å². The van der Waals surface area contributed by atoms with Gasteiger partial charge in [0, 0.05) is 23.1 Å². The molecule has 0 atom stereocenters. The van der Waals surface area contributed by atoms with E-state index in [9.17, 15) is 4.79 Å². The predicted molar refractivity (Wildman–Crippen MR) is 133 cm³/mol. The third kappa shape index (κ3) is 4.47. The maximum absolute atomic E-state index is 12.3. The molecule has 33 heavy (non-hydrogen) atoms. The summed E-state index contributed by atoms with van der Waals surface area (Å²) in [5.74, 6) is 0.470. The number of thiazole rings is 1. The standard InChI is InChI=1S/C23H17ClN6OS2/c1-15(31)29(19-9-5-6-16(24)10-19)23-28-17(13-33-23)12-32-22-20-11-27-30(21(20)25-14-26-22)18-7-3-2-4-8-18/h2-11,13-14H,12H2,1H3. The molecule has 0 aliphatic carbocycles. The summed E-state index contributed by atoms with van der Waals surface area (Å²) in [5.41, 5.74) is 3.24. The molecule has 3 heterocycles. The molecule has 10 heteroatoms. The average Bonchev–Trinajstić information content (AvgIpc) is 3.46. The molecule has 7 nitrogen and oxygen atoms in total. The van der Waals surface area contributed by atoms with Crippen LogP contribution in [-0.4, -0.2) is 30.6 Å². The smallest absolute Gasteiger partial charge is 0.230 e. The maximum Gasteiger partial charge on any atom is 0.230 e. The number of nitrogens with zero attached hydrogens (tertiary/aromatic N) is 6. The number of para-hydroxylation sites is 1. The van der Waals surface area contributed by atoms with Crippen molar-refractivity contribution in [3.05, 3.63) is 83.2 Å². The number of amides is 1. The summed E-state index contributed by atoms with van der Waals surface area (Å²) in [5, 5.41) is 9.33. The van der Waals surface area contributed by atoms with Gasteiger partial charge in [-0.2, -0.15) is 5.10 Å². The molecule has 5 aromatic rings.